The van der Waals surface area contributed by atoms with Crippen molar-refractivity contribution >= 4 is 5.78 Å². The van der Waals surface area contributed by atoms with Gasteiger partial charge in [0, 0.05) is 11.8 Å². The molecule has 1 fully saturated rings. The van der Waals surface area contributed by atoms with E-state index in [2.05, 4.69) is 0 Å². The van der Waals surface area contributed by atoms with Gasteiger partial charge in [0.2, 0.25) is 0 Å². The number of hydrogen-bond donors (Lipinski definition) is 1. The molecule has 0 saturated heterocycles. The second kappa shape index (κ2) is 5.32. The van der Waals surface area contributed by atoms with Crippen LogP contribution in [0.25, 0.3) is 0 Å². The Kier molecular flexibility index (Phi) is 3.63. The maximum absolute atomic E-state index is 13.7. The molecule has 0 aromatic heterocycles. The lowest BCUT2D eigenvalue weighted by Gasteiger charge is -2.50. The first-order valence-corrected chi connectivity index (χ1v) is 9.18. The first-order valence-electron chi connectivity index (χ1n) is 9.18. The van der Waals surface area contributed by atoms with Crippen molar-refractivity contribution in [2.45, 2.75) is 63.6 Å². The van der Waals surface area contributed by atoms with E-state index in [1.165, 1.54) is 5.57 Å². The Balaban J connectivity index is 1.84. The van der Waals surface area contributed by atoms with Gasteiger partial charge in [-0.05, 0) is 73.2 Å². The van der Waals surface area contributed by atoms with Gasteiger partial charge in [-0.3, -0.25) is 4.79 Å². The molecule has 0 aromatic rings. The van der Waals surface area contributed by atoms with Gasteiger partial charge >= 0.3 is 6.18 Å². The summed E-state index contributed by atoms with van der Waals surface area (Å²) in [7, 11) is 0. The Bertz CT molecular complexity index is 715. The Morgan fingerprint density at radius 3 is 2.68 bits per heavy atom. The highest BCUT2D eigenvalue weighted by molar-refractivity contribution is 5.93. The summed E-state index contributed by atoms with van der Waals surface area (Å²) in [6.07, 6.45) is 3.74. The molecule has 1 N–H and O–H groups in total. The topological polar surface area (TPSA) is 37.3 Å². The van der Waals surface area contributed by atoms with Crippen LogP contribution in [0.15, 0.2) is 34.9 Å². The number of carbonyl (C=O) groups excluding carboxylic acids is 1. The second-order valence-corrected chi connectivity index (χ2v) is 7.95. The summed E-state index contributed by atoms with van der Waals surface area (Å²) in [5, 5.41) is 10.7. The van der Waals surface area contributed by atoms with Crippen LogP contribution in [-0.2, 0) is 4.79 Å². The van der Waals surface area contributed by atoms with E-state index in [9.17, 15) is 23.1 Å². The number of aliphatic hydroxyl groups is 1. The number of ketones is 1. The normalized spacial score (nSPS) is 40.5. The van der Waals surface area contributed by atoms with E-state index >= 15 is 0 Å². The quantitative estimate of drug-likeness (QED) is 0.746. The van der Waals surface area contributed by atoms with Gasteiger partial charge in [0.1, 0.15) is 0 Å². The molecule has 4 aliphatic carbocycles. The number of rotatable bonds is 1. The molecule has 0 aliphatic heterocycles. The van der Waals surface area contributed by atoms with Crippen molar-refractivity contribution in [3.05, 3.63) is 34.9 Å². The lowest BCUT2D eigenvalue weighted by atomic mass is 9.56. The summed E-state index contributed by atoms with van der Waals surface area (Å²) in [6, 6.07) is 0. The predicted molar refractivity (Wildman–Crippen MR) is 87.7 cm³/mol. The lowest BCUT2D eigenvalue weighted by Crippen LogP contribution is -2.57. The van der Waals surface area contributed by atoms with Gasteiger partial charge in [-0.25, -0.2) is 0 Å². The third-order valence-corrected chi connectivity index (χ3v) is 7.17. The van der Waals surface area contributed by atoms with Gasteiger partial charge in [-0.15, -0.1) is 0 Å². The first-order chi connectivity index (χ1) is 11.7. The first kappa shape index (κ1) is 17.1. The third-order valence-electron chi connectivity index (χ3n) is 7.17. The molecule has 4 atom stereocenters. The van der Waals surface area contributed by atoms with Crippen LogP contribution in [0.5, 0.6) is 0 Å². The summed E-state index contributed by atoms with van der Waals surface area (Å²) < 4.78 is 41.2. The van der Waals surface area contributed by atoms with E-state index in [0.717, 1.165) is 24.0 Å². The molecule has 0 bridgehead atoms. The lowest BCUT2D eigenvalue weighted by molar-refractivity contribution is -0.291. The van der Waals surface area contributed by atoms with Crippen molar-refractivity contribution in [2.75, 3.05) is 0 Å². The molecule has 2 unspecified atom stereocenters. The van der Waals surface area contributed by atoms with Crippen molar-refractivity contribution in [2.24, 2.45) is 17.3 Å². The minimum Gasteiger partial charge on any atom is -0.380 e. The van der Waals surface area contributed by atoms with E-state index in [4.69, 9.17) is 0 Å². The number of allylic oxidation sites excluding steroid dienone is 5. The van der Waals surface area contributed by atoms with Crippen molar-refractivity contribution in [1.29, 1.82) is 0 Å². The van der Waals surface area contributed by atoms with Crippen LogP contribution in [-0.4, -0.2) is 22.7 Å². The molecular weight excluding hydrogens is 329 g/mol. The van der Waals surface area contributed by atoms with Gasteiger partial charge < -0.3 is 5.11 Å². The maximum atomic E-state index is 13.7. The summed E-state index contributed by atoms with van der Waals surface area (Å²) in [4.78, 5) is 11.7. The number of halogens is 3. The van der Waals surface area contributed by atoms with Crippen LogP contribution in [0.4, 0.5) is 13.2 Å². The minimum absolute atomic E-state index is 0.0571. The second-order valence-electron chi connectivity index (χ2n) is 7.95. The highest BCUT2D eigenvalue weighted by Crippen LogP contribution is 2.65. The number of alkyl halides is 3. The zero-order valence-corrected chi connectivity index (χ0v) is 14.3. The molecule has 2 nitrogen and oxygen atoms in total. The van der Waals surface area contributed by atoms with Crippen LogP contribution in [0, 0.1) is 17.3 Å². The van der Waals surface area contributed by atoms with Crippen molar-refractivity contribution in [3.63, 3.8) is 0 Å². The third kappa shape index (κ3) is 2.11. The van der Waals surface area contributed by atoms with E-state index in [1.54, 1.807) is 19.1 Å². The number of fused-ring (bicyclic) bond motifs is 4. The fourth-order valence-corrected chi connectivity index (χ4v) is 5.95. The molecule has 1 saturated carbocycles. The Hall–Kier alpha value is -1.36. The largest absolute Gasteiger partial charge is 0.418 e. The monoisotopic (exact) mass is 352 g/mol. The average Bonchev–Trinajstić information content (AvgIpc) is 2.89. The van der Waals surface area contributed by atoms with Crippen molar-refractivity contribution < 1.29 is 23.1 Å². The van der Waals surface area contributed by atoms with Crippen LogP contribution in [0.3, 0.4) is 0 Å². The number of hydrogen-bond acceptors (Lipinski definition) is 2. The number of carbonyl (C=O) groups is 1. The Morgan fingerprint density at radius 2 is 2.00 bits per heavy atom. The van der Waals surface area contributed by atoms with Crippen molar-refractivity contribution in [1.82, 2.24) is 0 Å². The van der Waals surface area contributed by atoms with Crippen LogP contribution < -0.4 is 0 Å². The summed E-state index contributed by atoms with van der Waals surface area (Å²) in [5.41, 5.74) is -0.513. The molecular formula is C20H23F3O2. The minimum atomic E-state index is -4.62. The van der Waals surface area contributed by atoms with Crippen molar-refractivity contribution in [3.8, 4) is 0 Å². The molecule has 4 aliphatic rings. The summed E-state index contributed by atoms with van der Waals surface area (Å²) in [6.45, 7) is 1.75. The standard InChI is InChI=1S/C20H23F3O2/c1-2-18-9-7-15-14-6-4-13(24)11-12(14)3-5-16(15)17(18)8-10-19(18,25)20(21,22)23/h7,9,11,16-17,25H,2-6,8,10H2,1H3/t16-,17+,18?,19?/m1/s1. The van der Waals surface area contributed by atoms with E-state index in [0.29, 0.717) is 19.3 Å². The molecule has 25 heavy (non-hydrogen) atoms. The molecule has 5 heteroatoms. The van der Waals surface area contributed by atoms with Gasteiger partial charge in [0.15, 0.2) is 11.4 Å². The van der Waals surface area contributed by atoms with Crippen LogP contribution >= 0.6 is 0 Å². The van der Waals surface area contributed by atoms with Gasteiger partial charge in [-0.1, -0.05) is 19.1 Å². The summed E-state index contributed by atoms with van der Waals surface area (Å²) >= 11 is 0. The van der Waals surface area contributed by atoms with Gasteiger partial charge in [0.25, 0.3) is 0 Å². The molecule has 4 rings (SSSR count). The Morgan fingerprint density at radius 1 is 1.24 bits per heavy atom. The average molecular weight is 352 g/mol. The SMILES string of the molecule is CCC12C=CC3=C4CCC(=O)C=C4CC[C@H]3[C@@H]1CCC2(O)C(F)(F)F. The van der Waals surface area contributed by atoms with Crippen LogP contribution in [0.1, 0.15) is 51.9 Å². The smallest absolute Gasteiger partial charge is 0.380 e. The van der Waals surface area contributed by atoms with E-state index < -0.39 is 17.2 Å². The zero-order chi connectivity index (χ0) is 18.0. The predicted octanol–water partition coefficient (Wildman–Crippen LogP) is 4.65. The molecule has 0 aromatic carbocycles. The van der Waals surface area contributed by atoms with Gasteiger partial charge in [-0.2, -0.15) is 13.2 Å². The summed E-state index contributed by atoms with van der Waals surface area (Å²) in [5.74, 6) is 0.0188. The maximum Gasteiger partial charge on any atom is 0.418 e. The molecule has 0 amide bonds. The molecule has 0 heterocycles. The Labute approximate surface area is 145 Å². The van der Waals surface area contributed by atoms with Crippen LogP contribution in [0.2, 0.25) is 0 Å². The van der Waals surface area contributed by atoms with E-state index in [-0.39, 0.29) is 30.5 Å². The highest BCUT2D eigenvalue weighted by atomic mass is 19.4. The van der Waals surface area contributed by atoms with E-state index in [1.807, 2.05) is 6.08 Å². The highest BCUT2D eigenvalue weighted by Gasteiger charge is 2.71. The fraction of sp³-hybridized carbons (Fsp3) is 0.650. The molecule has 136 valence electrons. The molecule has 0 radical (unpaired) electrons. The fourth-order valence-electron chi connectivity index (χ4n) is 5.95. The zero-order valence-electron chi connectivity index (χ0n) is 14.3. The molecule has 0 spiro atoms. The van der Waals surface area contributed by atoms with Gasteiger partial charge in [0.05, 0.1) is 0 Å².